The minimum Gasteiger partial charge on any atom is -0.388 e. The quantitative estimate of drug-likeness (QED) is 0.848. The van der Waals surface area contributed by atoms with E-state index in [9.17, 15) is 5.11 Å². The molecule has 2 aromatic rings. The van der Waals surface area contributed by atoms with Crippen molar-refractivity contribution in [3.8, 4) is 0 Å². The third kappa shape index (κ3) is 3.03. The first-order valence-electron chi connectivity index (χ1n) is 6.29. The summed E-state index contributed by atoms with van der Waals surface area (Å²) in [5, 5.41) is 15.8. The standard InChI is InChI=1S/C14H15BrCl2N2O/c1-3-19-11(14(15)8(2)18-19)7-12(20)13-9(16)5-4-6-10(13)17/h4-6,12,20H,3,7H2,1-2H3. The van der Waals surface area contributed by atoms with E-state index in [0.29, 0.717) is 22.0 Å². The molecule has 1 N–H and O–H groups in total. The molecule has 2 rings (SSSR count). The molecule has 6 heteroatoms. The van der Waals surface area contributed by atoms with Crippen molar-refractivity contribution < 1.29 is 5.11 Å². The predicted octanol–water partition coefficient (Wildman–Crippen LogP) is 4.56. The van der Waals surface area contributed by atoms with Gasteiger partial charge in [-0.1, -0.05) is 29.3 Å². The van der Waals surface area contributed by atoms with Gasteiger partial charge >= 0.3 is 0 Å². The Kier molecular flexibility index (Phi) is 5.13. The molecule has 0 aliphatic rings. The molecule has 1 atom stereocenters. The van der Waals surface area contributed by atoms with Gasteiger partial charge in [0.2, 0.25) is 0 Å². The third-order valence-corrected chi connectivity index (χ3v) is 4.86. The van der Waals surface area contributed by atoms with Gasteiger partial charge in [0.15, 0.2) is 0 Å². The van der Waals surface area contributed by atoms with Crippen molar-refractivity contribution in [3.05, 3.63) is 49.7 Å². The van der Waals surface area contributed by atoms with Gasteiger partial charge in [-0.05, 0) is 41.9 Å². The molecule has 108 valence electrons. The average Bonchev–Trinajstić information content (AvgIpc) is 2.66. The van der Waals surface area contributed by atoms with Crippen LogP contribution in [0.2, 0.25) is 10.0 Å². The molecule has 1 unspecified atom stereocenters. The molecule has 1 heterocycles. The van der Waals surface area contributed by atoms with E-state index in [4.69, 9.17) is 23.2 Å². The number of nitrogens with zero attached hydrogens (tertiary/aromatic N) is 2. The Morgan fingerprint density at radius 2 is 1.95 bits per heavy atom. The van der Waals surface area contributed by atoms with Crippen molar-refractivity contribution in [1.29, 1.82) is 0 Å². The molecule has 0 fully saturated rings. The van der Waals surface area contributed by atoms with Crippen LogP contribution in [-0.2, 0) is 13.0 Å². The number of aromatic nitrogens is 2. The van der Waals surface area contributed by atoms with Gasteiger partial charge < -0.3 is 5.11 Å². The van der Waals surface area contributed by atoms with Crippen LogP contribution in [0, 0.1) is 6.92 Å². The zero-order valence-corrected chi connectivity index (χ0v) is 14.3. The molecule has 3 nitrogen and oxygen atoms in total. The first kappa shape index (κ1) is 15.8. The largest absolute Gasteiger partial charge is 0.388 e. The summed E-state index contributed by atoms with van der Waals surface area (Å²) < 4.78 is 2.79. The molecule has 0 bridgehead atoms. The van der Waals surface area contributed by atoms with Crippen molar-refractivity contribution >= 4 is 39.1 Å². The van der Waals surface area contributed by atoms with Gasteiger partial charge in [-0.2, -0.15) is 5.10 Å². The van der Waals surface area contributed by atoms with Crippen LogP contribution in [0.3, 0.4) is 0 Å². The zero-order valence-electron chi connectivity index (χ0n) is 11.2. The average molecular weight is 378 g/mol. The van der Waals surface area contributed by atoms with Crippen LogP contribution in [0.4, 0.5) is 0 Å². The zero-order chi connectivity index (χ0) is 14.9. The number of aryl methyl sites for hydroxylation is 2. The number of hydrogen-bond donors (Lipinski definition) is 1. The monoisotopic (exact) mass is 376 g/mol. The summed E-state index contributed by atoms with van der Waals surface area (Å²) in [5.41, 5.74) is 2.40. The number of hydrogen-bond acceptors (Lipinski definition) is 2. The van der Waals surface area contributed by atoms with Crippen LogP contribution < -0.4 is 0 Å². The van der Waals surface area contributed by atoms with Gasteiger partial charge in [0.05, 0.1) is 22.0 Å². The fourth-order valence-corrected chi connectivity index (χ4v) is 3.27. The minimum absolute atomic E-state index is 0.402. The molecule has 0 radical (unpaired) electrons. The maximum Gasteiger partial charge on any atom is 0.0874 e. The van der Waals surface area contributed by atoms with E-state index in [-0.39, 0.29) is 0 Å². The normalized spacial score (nSPS) is 12.7. The maximum absolute atomic E-state index is 10.5. The second-order valence-corrected chi connectivity index (χ2v) is 6.12. The van der Waals surface area contributed by atoms with Crippen LogP contribution >= 0.6 is 39.1 Å². The van der Waals surface area contributed by atoms with Gasteiger partial charge in [-0.3, -0.25) is 4.68 Å². The van der Waals surface area contributed by atoms with Crippen LogP contribution in [0.25, 0.3) is 0 Å². The molecule has 0 spiro atoms. The van der Waals surface area contributed by atoms with Crippen molar-refractivity contribution in [2.24, 2.45) is 0 Å². The number of rotatable bonds is 4. The summed E-state index contributed by atoms with van der Waals surface area (Å²) in [7, 11) is 0. The third-order valence-electron chi connectivity index (χ3n) is 3.17. The Labute approximate surface area is 136 Å². The van der Waals surface area contributed by atoms with E-state index < -0.39 is 6.10 Å². The van der Waals surface area contributed by atoms with Gasteiger partial charge in [0, 0.05) is 28.6 Å². The molecular weight excluding hydrogens is 363 g/mol. The second-order valence-electron chi connectivity index (χ2n) is 4.52. The predicted molar refractivity (Wildman–Crippen MR) is 85.5 cm³/mol. The first-order chi connectivity index (χ1) is 9.45. The summed E-state index contributed by atoms with van der Waals surface area (Å²) >= 11 is 15.8. The van der Waals surface area contributed by atoms with Gasteiger partial charge in [-0.25, -0.2) is 0 Å². The number of halogens is 3. The minimum atomic E-state index is -0.770. The maximum atomic E-state index is 10.5. The Hall–Kier alpha value is -0.550. The van der Waals surface area contributed by atoms with Gasteiger partial charge in [0.1, 0.15) is 0 Å². The summed E-state index contributed by atoms with van der Waals surface area (Å²) in [6.45, 7) is 4.68. The molecular formula is C14H15BrCl2N2O. The lowest BCUT2D eigenvalue weighted by molar-refractivity contribution is 0.175. The number of aliphatic hydroxyl groups is 1. The van der Waals surface area contributed by atoms with Crippen molar-refractivity contribution in [1.82, 2.24) is 9.78 Å². The first-order valence-corrected chi connectivity index (χ1v) is 7.84. The van der Waals surface area contributed by atoms with Crippen molar-refractivity contribution in [2.45, 2.75) is 32.9 Å². The molecule has 0 saturated heterocycles. The molecule has 0 aliphatic carbocycles. The van der Waals surface area contributed by atoms with E-state index >= 15 is 0 Å². The Morgan fingerprint density at radius 1 is 1.35 bits per heavy atom. The second kappa shape index (κ2) is 6.48. The summed E-state index contributed by atoms with van der Waals surface area (Å²) in [6.07, 6.45) is -0.368. The van der Waals surface area contributed by atoms with E-state index in [1.165, 1.54) is 0 Å². The lowest BCUT2D eigenvalue weighted by atomic mass is 10.0. The SMILES string of the molecule is CCn1nc(C)c(Br)c1CC(O)c1c(Cl)cccc1Cl. The lowest BCUT2D eigenvalue weighted by Gasteiger charge is -2.15. The smallest absolute Gasteiger partial charge is 0.0874 e. The van der Waals surface area contributed by atoms with Crippen molar-refractivity contribution in [2.75, 3.05) is 0 Å². The highest BCUT2D eigenvalue weighted by Crippen LogP contribution is 2.33. The highest BCUT2D eigenvalue weighted by atomic mass is 79.9. The summed E-state index contributed by atoms with van der Waals surface area (Å²) in [4.78, 5) is 0. The Bertz CT molecular complexity index is 608. The molecule has 0 amide bonds. The highest BCUT2D eigenvalue weighted by Gasteiger charge is 2.20. The lowest BCUT2D eigenvalue weighted by Crippen LogP contribution is -2.09. The Morgan fingerprint density at radius 3 is 2.50 bits per heavy atom. The summed E-state index contributed by atoms with van der Waals surface area (Å²) in [6, 6.07) is 5.21. The molecule has 1 aromatic carbocycles. The Balaban J connectivity index is 2.35. The fraction of sp³-hybridized carbons (Fsp3) is 0.357. The molecule has 20 heavy (non-hydrogen) atoms. The number of aliphatic hydroxyl groups excluding tert-OH is 1. The fourth-order valence-electron chi connectivity index (χ4n) is 2.18. The van der Waals surface area contributed by atoms with E-state index in [0.717, 1.165) is 22.4 Å². The number of benzene rings is 1. The van der Waals surface area contributed by atoms with Crippen LogP contribution in [-0.4, -0.2) is 14.9 Å². The van der Waals surface area contributed by atoms with E-state index in [1.54, 1.807) is 18.2 Å². The van der Waals surface area contributed by atoms with E-state index in [2.05, 4.69) is 21.0 Å². The molecule has 0 aliphatic heterocycles. The summed E-state index contributed by atoms with van der Waals surface area (Å²) in [5.74, 6) is 0. The van der Waals surface area contributed by atoms with Crippen molar-refractivity contribution in [3.63, 3.8) is 0 Å². The van der Waals surface area contributed by atoms with Gasteiger partial charge in [0.25, 0.3) is 0 Å². The molecule has 1 aromatic heterocycles. The van der Waals surface area contributed by atoms with Gasteiger partial charge in [-0.15, -0.1) is 0 Å². The molecule has 0 saturated carbocycles. The highest BCUT2D eigenvalue weighted by molar-refractivity contribution is 9.10. The topological polar surface area (TPSA) is 38.0 Å². The van der Waals surface area contributed by atoms with Crippen LogP contribution in [0.15, 0.2) is 22.7 Å². The van der Waals surface area contributed by atoms with Crippen LogP contribution in [0.5, 0.6) is 0 Å². The van der Waals surface area contributed by atoms with Crippen LogP contribution in [0.1, 0.15) is 30.0 Å². The van der Waals surface area contributed by atoms with E-state index in [1.807, 2.05) is 18.5 Å².